The number of amidine groups is 1. The van der Waals surface area contributed by atoms with E-state index in [4.69, 9.17) is 21.6 Å². The molecule has 2 aromatic carbocycles. The third kappa shape index (κ3) is 6.01. The van der Waals surface area contributed by atoms with Crippen molar-refractivity contribution in [2.75, 3.05) is 25.0 Å². The van der Waals surface area contributed by atoms with Gasteiger partial charge in [-0.1, -0.05) is 67.6 Å². The number of pyridine rings is 1. The van der Waals surface area contributed by atoms with Crippen LogP contribution in [0.15, 0.2) is 66.2 Å². The molecule has 0 bridgehead atoms. The van der Waals surface area contributed by atoms with Gasteiger partial charge < -0.3 is 15.1 Å². The van der Waals surface area contributed by atoms with Gasteiger partial charge in [-0.15, -0.1) is 5.10 Å². The summed E-state index contributed by atoms with van der Waals surface area (Å²) >= 11 is 6.95. The van der Waals surface area contributed by atoms with Crippen molar-refractivity contribution in [3.63, 3.8) is 0 Å². The fourth-order valence-electron chi connectivity index (χ4n) is 5.43. The average molecular weight is 599 g/mol. The number of para-hydroxylation sites is 2. The lowest BCUT2D eigenvalue weighted by Gasteiger charge is -2.41. The molecule has 1 saturated heterocycles. The third-order valence-electron chi connectivity index (χ3n) is 7.61. The molecule has 0 spiro atoms. The van der Waals surface area contributed by atoms with Crippen LogP contribution in [-0.4, -0.2) is 73.1 Å². The molecular formula is C32H35ClN8O2. The SMILES string of the molecule is C=CC(=O)N1CCN(/C(=N/c2c(CC)cccc2CC)c2cc(Cl)c(-n3nnc4ccccc43)nc2NC(C)=O)C(C)C1. The van der Waals surface area contributed by atoms with Crippen LogP contribution in [0.2, 0.25) is 5.02 Å². The van der Waals surface area contributed by atoms with Crippen molar-refractivity contribution in [3.8, 4) is 5.82 Å². The smallest absolute Gasteiger partial charge is 0.246 e. The molecule has 43 heavy (non-hydrogen) atoms. The summed E-state index contributed by atoms with van der Waals surface area (Å²) < 4.78 is 1.56. The molecule has 2 aromatic heterocycles. The lowest BCUT2D eigenvalue weighted by Crippen LogP contribution is -2.55. The van der Waals surface area contributed by atoms with Crippen LogP contribution in [0.4, 0.5) is 11.5 Å². The van der Waals surface area contributed by atoms with Crippen molar-refractivity contribution in [2.45, 2.75) is 46.6 Å². The van der Waals surface area contributed by atoms with Gasteiger partial charge in [-0.3, -0.25) is 9.59 Å². The molecule has 3 heterocycles. The van der Waals surface area contributed by atoms with Gasteiger partial charge in [-0.25, -0.2) is 9.98 Å². The van der Waals surface area contributed by atoms with Crippen LogP contribution >= 0.6 is 11.6 Å². The number of fused-ring (bicyclic) bond motifs is 1. The number of hydrogen-bond acceptors (Lipinski definition) is 6. The summed E-state index contributed by atoms with van der Waals surface area (Å²) in [5.41, 5.74) is 5.09. The highest BCUT2D eigenvalue weighted by molar-refractivity contribution is 6.33. The van der Waals surface area contributed by atoms with E-state index in [-0.39, 0.29) is 17.9 Å². The lowest BCUT2D eigenvalue weighted by atomic mass is 10.0. The van der Waals surface area contributed by atoms with Gasteiger partial charge >= 0.3 is 0 Å². The first kappa shape index (κ1) is 29.9. The number of aromatic nitrogens is 4. The number of benzene rings is 2. The van der Waals surface area contributed by atoms with Crippen molar-refractivity contribution >= 4 is 51.8 Å². The molecule has 1 fully saturated rings. The normalized spacial score (nSPS) is 15.6. The van der Waals surface area contributed by atoms with Crippen molar-refractivity contribution in [3.05, 3.63) is 82.9 Å². The Balaban J connectivity index is 1.73. The fraction of sp³-hybridized carbons (Fsp3) is 0.312. The van der Waals surface area contributed by atoms with Crippen molar-refractivity contribution in [1.29, 1.82) is 0 Å². The molecule has 222 valence electrons. The van der Waals surface area contributed by atoms with Crippen LogP contribution in [0.1, 0.15) is 44.4 Å². The summed E-state index contributed by atoms with van der Waals surface area (Å²) in [5.74, 6) is 0.848. The molecule has 4 aromatic rings. The number of hydrogen-bond donors (Lipinski definition) is 1. The number of aliphatic imine (C=N–C) groups is 1. The Kier molecular flexibility index (Phi) is 8.86. The van der Waals surface area contributed by atoms with Gasteiger partial charge in [0.05, 0.1) is 21.8 Å². The van der Waals surface area contributed by atoms with Crippen molar-refractivity contribution < 1.29 is 9.59 Å². The Morgan fingerprint density at radius 1 is 1.12 bits per heavy atom. The molecule has 10 nitrogen and oxygen atoms in total. The number of halogens is 1. The van der Waals surface area contributed by atoms with Crippen LogP contribution in [-0.2, 0) is 22.4 Å². The summed E-state index contributed by atoms with van der Waals surface area (Å²) in [6, 6.07) is 15.4. The molecule has 1 atom stereocenters. The van der Waals surface area contributed by atoms with Crippen molar-refractivity contribution in [1.82, 2.24) is 29.8 Å². The quantitative estimate of drug-likeness (QED) is 0.175. The number of nitrogens with one attached hydrogen (secondary N) is 1. The number of aryl methyl sites for hydroxylation is 2. The molecule has 1 N–H and O–H groups in total. The second kappa shape index (κ2) is 12.7. The van der Waals surface area contributed by atoms with Crippen LogP contribution in [0.3, 0.4) is 0 Å². The zero-order valence-corrected chi connectivity index (χ0v) is 25.6. The number of piperazine rings is 1. The zero-order valence-electron chi connectivity index (χ0n) is 24.8. The number of anilines is 1. The van der Waals surface area contributed by atoms with Crippen LogP contribution in [0.25, 0.3) is 16.9 Å². The summed E-state index contributed by atoms with van der Waals surface area (Å²) in [4.78, 5) is 39.1. The number of carbonyl (C=O) groups excluding carboxylic acids is 2. The van der Waals surface area contributed by atoms with E-state index in [1.807, 2.05) is 31.2 Å². The first-order valence-corrected chi connectivity index (χ1v) is 14.8. The molecule has 0 radical (unpaired) electrons. The van der Waals surface area contributed by atoms with E-state index >= 15 is 0 Å². The van der Waals surface area contributed by atoms with E-state index in [0.29, 0.717) is 53.2 Å². The largest absolute Gasteiger partial charge is 0.350 e. The van der Waals surface area contributed by atoms with Gasteiger partial charge in [0.1, 0.15) is 17.2 Å². The maximum atomic E-state index is 12.5. The first-order valence-electron chi connectivity index (χ1n) is 14.4. The van der Waals surface area contributed by atoms with E-state index in [0.717, 1.165) is 35.2 Å². The molecule has 1 unspecified atom stereocenters. The Hall–Kier alpha value is -4.57. The second-order valence-corrected chi connectivity index (χ2v) is 10.9. The number of nitrogens with zero attached hydrogens (tertiary/aromatic N) is 7. The number of carbonyl (C=O) groups is 2. The molecule has 0 saturated carbocycles. The van der Waals surface area contributed by atoms with E-state index in [1.54, 1.807) is 15.6 Å². The standard InChI is InChI=1S/C32H35ClN8O2/c1-6-22-12-11-13-23(7-2)29(22)35-31(40-17-16-39(19-20(40)4)28(43)8-3)24-18-25(33)32(36-30(24)34-21(5)42)41-27-15-10-9-14-26(27)37-38-41/h8-15,18,20H,3,6-7,16-17,19H2,1-2,4-5H3,(H,34,36,42)/b35-31+. The van der Waals surface area contributed by atoms with E-state index < -0.39 is 0 Å². The predicted octanol–water partition coefficient (Wildman–Crippen LogP) is 5.35. The highest BCUT2D eigenvalue weighted by Crippen LogP contribution is 2.33. The predicted molar refractivity (Wildman–Crippen MR) is 170 cm³/mol. The number of rotatable bonds is 7. The molecule has 11 heteroatoms. The highest BCUT2D eigenvalue weighted by atomic mass is 35.5. The molecule has 2 amide bonds. The summed E-state index contributed by atoms with van der Waals surface area (Å²) in [6.07, 6.45) is 2.94. The topological polar surface area (TPSA) is 109 Å². The van der Waals surface area contributed by atoms with Crippen LogP contribution in [0, 0.1) is 0 Å². The molecule has 0 aliphatic carbocycles. The minimum absolute atomic E-state index is 0.0989. The molecule has 1 aliphatic rings. The maximum Gasteiger partial charge on any atom is 0.246 e. The van der Waals surface area contributed by atoms with Gasteiger partial charge in [0.25, 0.3) is 0 Å². The van der Waals surface area contributed by atoms with Gasteiger partial charge in [-0.05, 0) is 55.2 Å². The maximum absolute atomic E-state index is 12.5. The monoisotopic (exact) mass is 598 g/mol. The summed E-state index contributed by atoms with van der Waals surface area (Å²) in [6.45, 7) is 12.8. The van der Waals surface area contributed by atoms with Gasteiger partial charge in [0.15, 0.2) is 5.82 Å². The summed E-state index contributed by atoms with van der Waals surface area (Å²) in [7, 11) is 0. The minimum atomic E-state index is -0.289. The second-order valence-electron chi connectivity index (χ2n) is 10.5. The van der Waals surface area contributed by atoms with Gasteiger partial charge in [0.2, 0.25) is 11.8 Å². The Morgan fingerprint density at radius 2 is 1.84 bits per heavy atom. The van der Waals surface area contributed by atoms with Crippen molar-refractivity contribution in [2.24, 2.45) is 4.99 Å². The molecular weight excluding hydrogens is 564 g/mol. The molecule has 5 rings (SSSR count). The summed E-state index contributed by atoms with van der Waals surface area (Å²) in [5, 5.41) is 11.8. The third-order valence-corrected chi connectivity index (χ3v) is 7.89. The zero-order chi connectivity index (χ0) is 30.7. The average Bonchev–Trinajstić information content (AvgIpc) is 3.44. The fourth-order valence-corrected chi connectivity index (χ4v) is 5.66. The first-order chi connectivity index (χ1) is 20.7. The Morgan fingerprint density at radius 3 is 2.49 bits per heavy atom. The van der Waals surface area contributed by atoms with E-state index in [9.17, 15) is 9.59 Å². The van der Waals surface area contributed by atoms with E-state index in [1.165, 1.54) is 13.0 Å². The Bertz CT molecular complexity index is 1710. The van der Waals surface area contributed by atoms with Gasteiger partial charge in [-0.2, -0.15) is 4.68 Å². The lowest BCUT2D eigenvalue weighted by molar-refractivity contribution is -0.128. The number of amides is 2. The Labute approximate surface area is 256 Å². The van der Waals surface area contributed by atoms with Crippen LogP contribution in [0.5, 0.6) is 0 Å². The van der Waals surface area contributed by atoms with E-state index in [2.05, 4.69) is 59.2 Å². The minimum Gasteiger partial charge on any atom is -0.350 e. The van der Waals surface area contributed by atoms with Crippen LogP contribution < -0.4 is 5.32 Å². The van der Waals surface area contributed by atoms with Gasteiger partial charge in [0, 0.05) is 32.6 Å². The molecule has 1 aliphatic heterocycles. The highest BCUT2D eigenvalue weighted by Gasteiger charge is 2.31.